The van der Waals surface area contributed by atoms with Crippen molar-refractivity contribution in [2.24, 2.45) is 5.92 Å². The molecule has 2 aliphatic heterocycles. The van der Waals surface area contributed by atoms with Gasteiger partial charge in [-0.25, -0.2) is 12.7 Å². The van der Waals surface area contributed by atoms with E-state index in [2.05, 4.69) is 29.2 Å². The summed E-state index contributed by atoms with van der Waals surface area (Å²) in [5.74, 6) is 0.308. The van der Waals surface area contributed by atoms with Crippen molar-refractivity contribution in [3.63, 3.8) is 0 Å². The topological polar surface area (TPSA) is 60.9 Å². The molecule has 0 unspecified atom stereocenters. The van der Waals surface area contributed by atoms with Gasteiger partial charge in [-0.15, -0.1) is 0 Å². The molecule has 2 aliphatic rings. The van der Waals surface area contributed by atoms with Gasteiger partial charge < -0.3 is 4.90 Å². The fourth-order valence-electron chi connectivity index (χ4n) is 4.92. The first kappa shape index (κ1) is 25.6. The van der Waals surface area contributed by atoms with E-state index in [1.807, 2.05) is 53.4 Å². The van der Waals surface area contributed by atoms with E-state index in [1.165, 1.54) is 11.1 Å². The Hall–Kier alpha value is -2.48. The summed E-state index contributed by atoms with van der Waals surface area (Å²) < 4.78 is 27.2. The average Bonchev–Trinajstić information content (AvgIpc) is 2.90. The molecule has 0 aromatic heterocycles. The Morgan fingerprint density at radius 3 is 2.14 bits per heavy atom. The normalized spacial score (nSPS) is 18.8. The standard InChI is InChI=1S/C28H37N3O3S/c32-28(30-22-20-29(21-23-30)17-7-13-25-9-3-1-4-10-25)27-15-18-31(19-16-27)35(33,34)24-8-14-26-11-5-2-6-12-26/h1-7,9-13,27H,8,14-24H2/b13-7+. The number of benzene rings is 2. The van der Waals surface area contributed by atoms with Gasteiger partial charge in [0.05, 0.1) is 5.75 Å². The molecule has 1 amide bonds. The molecular formula is C28H37N3O3S. The number of carbonyl (C=O) groups is 1. The molecule has 35 heavy (non-hydrogen) atoms. The van der Waals surface area contributed by atoms with Gasteiger partial charge in [-0.2, -0.15) is 0 Å². The van der Waals surface area contributed by atoms with Gasteiger partial charge in [0.15, 0.2) is 0 Å². The fraction of sp³-hybridized carbons (Fsp3) is 0.464. The van der Waals surface area contributed by atoms with Crippen LogP contribution in [0.25, 0.3) is 6.08 Å². The van der Waals surface area contributed by atoms with Crippen molar-refractivity contribution in [2.45, 2.75) is 25.7 Å². The van der Waals surface area contributed by atoms with E-state index >= 15 is 0 Å². The van der Waals surface area contributed by atoms with Crippen LogP contribution in [0.1, 0.15) is 30.4 Å². The predicted octanol–water partition coefficient (Wildman–Crippen LogP) is 3.52. The molecule has 0 bridgehead atoms. The number of sulfonamides is 1. The van der Waals surface area contributed by atoms with Crippen LogP contribution in [-0.2, 0) is 21.2 Å². The lowest BCUT2D eigenvalue weighted by Crippen LogP contribution is -2.52. The quantitative estimate of drug-likeness (QED) is 0.534. The van der Waals surface area contributed by atoms with Crippen LogP contribution in [0.5, 0.6) is 0 Å². The molecule has 0 atom stereocenters. The van der Waals surface area contributed by atoms with E-state index in [9.17, 15) is 13.2 Å². The van der Waals surface area contributed by atoms with Crippen LogP contribution in [0.2, 0.25) is 0 Å². The molecule has 2 aromatic carbocycles. The maximum atomic E-state index is 13.1. The largest absolute Gasteiger partial charge is 0.340 e. The van der Waals surface area contributed by atoms with Gasteiger partial charge in [-0.3, -0.25) is 9.69 Å². The van der Waals surface area contributed by atoms with Crippen molar-refractivity contribution < 1.29 is 13.2 Å². The highest BCUT2D eigenvalue weighted by molar-refractivity contribution is 7.89. The zero-order valence-corrected chi connectivity index (χ0v) is 21.3. The monoisotopic (exact) mass is 495 g/mol. The highest BCUT2D eigenvalue weighted by Gasteiger charge is 2.33. The smallest absolute Gasteiger partial charge is 0.225 e. The van der Waals surface area contributed by atoms with Gasteiger partial charge in [0.2, 0.25) is 15.9 Å². The van der Waals surface area contributed by atoms with Crippen molar-refractivity contribution in [1.82, 2.24) is 14.1 Å². The van der Waals surface area contributed by atoms with E-state index in [1.54, 1.807) is 4.31 Å². The Bertz CT molecular complexity index is 1060. The van der Waals surface area contributed by atoms with Crippen LogP contribution < -0.4 is 0 Å². The molecule has 0 spiro atoms. The first-order chi connectivity index (χ1) is 17.0. The molecule has 2 aromatic rings. The zero-order valence-electron chi connectivity index (χ0n) is 20.5. The number of nitrogens with zero attached hydrogens (tertiary/aromatic N) is 3. The molecule has 7 heteroatoms. The Morgan fingerprint density at radius 1 is 0.857 bits per heavy atom. The SMILES string of the molecule is O=C(C1CCN(S(=O)(=O)CCCc2ccccc2)CC1)N1CCN(C/C=C/c2ccccc2)CC1. The second-order valence-corrected chi connectivity index (χ2v) is 11.6. The number of amides is 1. The highest BCUT2D eigenvalue weighted by atomic mass is 32.2. The van der Waals surface area contributed by atoms with Crippen LogP contribution in [0.15, 0.2) is 66.7 Å². The van der Waals surface area contributed by atoms with E-state index in [-0.39, 0.29) is 17.6 Å². The summed E-state index contributed by atoms with van der Waals surface area (Å²) >= 11 is 0. The van der Waals surface area contributed by atoms with Crippen molar-refractivity contribution in [2.75, 3.05) is 51.6 Å². The Labute approximate surface area is 210 Å². The maximum Gasteiger partial charge on any atom is 0.225 e. The van der Waals surface area contributed by atoms with Gasteiger partial charge in [0, 0.05) is 51.7 Å². The average molecular weight is 496 g/mol. The van der Waals surface area contributed by atoms with Crippen molar-refractivity contribution in [1.29, 1.82) is 0 Å². The summed E-state index contributed by atoms with van der Waals surface area (Å²) in [5.41, 5.74) is 2.37. The molecule has 0 N–H and O–H groups in total. The summed E-state index contributed by atoms with van der Waals surface area (Å²) in [6.07, 6.45) is 6.95. The van der Waals surface area contributed by atoms with Crippen LogP contribution in [0.4, 0.5) is 0 Å². The minimum Gasteiger partial charge on any atom is -0.340 e. The molecule has 6 nitrogen and oxygen atoms in total. The Morgan fingerprint density at radius 2 is 1.49 bits per heavy atom. The number of aryl methyl sites for hydroxylation is 1. The second kappa shape index (κ2) is 12.5. The summed E-state index contributed by atoms with van der Waals surface area (Å²) in [5, 5.41) is 0. The summed E-state index contributed by atoms with van der Waals surface area (Å²) in [4.78, 5) is 17.4. The predicted molar refractivity (Wildman–Crippen MR) is 141 cm³/mol. The molecule has 4 rings (SSSR count). The number of piperidine rings is 1. The van der Waals surface area contributed by atoms with Crippen LogP contribution >= 0.6 is 0 Å². The van der Waals surface area contributed by atoms with E-state index in [0.717, 1.165) is 39.1 Å². The van der Waals surface area contributed by atoms with E-state index < -0.39 is 10.0 Å². The van der Waals surface area contributed by atoms with Crippen molar-refractivity contribution in [3.05, 3.63) is 77.9 Å². The molecule has 2 fully saturated rings. The molecule has 2 heterocycles. The Kier molecular flexibility index (Phi) is 9.12. The third-order valence-corrected chi connectivity index (χ3v) is 9.02. The van der Waals surface area contributed by atoms with Crippen LogP contribution in [-0.4, -0.2) is 80.0 Å². The lowest BCUT2D eigenvalue weighted by molar-refractivity contribution is -0.138. The van der Waals surface area contributed by atoms with Crippen LogP contribution in [0, 0.1) is 5.92 Å². The summed E-state index contributed by atoms with van der Waals surface area (Å²) in [6.45, 7) is 5.03. The van der Waals surface area contributed by atoms with Gasteiger partial charge in [-0.05, 0) is 36.8 Å². The molecule has 0 radical (unpaired) electrons. The number of hydrogen-bond donors (Lipinski definition) is 0. The number of hydrogen-bond acceptors (Lipinski definition) is 4. The fourth-order valence-corrected chi connectivity index (χ4v) is 6.46. The van der Waals surface area contributed by atoms with Gasteiger partial charge in [0.25, 0.3) is 0 Å². The number of carbonyl (C=O) groups excluding carboxylic acids is 1. The minimum absolute atomic E-state index is 0.0599. The minimum atomic E-state index is -3.27. The zero-order chi connectivity index (χ0) is 24.5. The third-order valence-electron chi connectivity index (χ3n) is 7.06. The second-order valence-electron chi connectivity index (χ2n) is 9.52. The summed E-state index contributed by atoms with van der Waals surface area (Å²) in [6, 6.07) is 20.3. The van der Waals surface area contributed by atoms with Crippen molar-refractivity contribution in [3.8, 4) is 0 Å². The van der Waals surface area contributed by atoms with E-state index in [4.69, 9.17) is 0 Å². The van der Waals surface area contributed by atoms with Gasteiger partial charge >= 0.3 is 0 Å². The summed E-state index contributed by atoms with van der Waals surface area (Å²) in [7, 11) is -3.27. The first-order valence-electron chi connectivity index (χ1n) is 12.8. The highest BCUT2D eigenvalue weighted by Crippen LogP contribution is 2.23. The third kappa shape index (κ3) is 7.50. The maximum absolute atomic E-state index is 13.1. The van der Waals surface area contributed by atoms with Crippen molar-refractivity contribution >= 4 is 22.0 Å². The van der Waals surface area contributed by atoms with Gasteiger partial charge in [-0.1, -0.05) is 72.8 Å². The van der Waals surface area contributed by atoms with E-state index in [0.29, 0.717) is 32.4 Å². The van der Waals surface area contributed by atoms with Gasteiger partial charge in [0.1, 0.15) is 0 Å². The van der Waals surface area contributed by atoms with Crippen LogP contribution in [0.3, 0.4) is 0 Å². The first-order valence-corrected chi connectivity index (χ1v) is 14.4. The number of rotatable bonds is 9. The lowest BCUT2D eigenvalue weighted by atomic mass is 9.96. The molecule has 188 valence electrons. The molecule has 2 saturated heterocycles. The Balaban J connectivity index is 1.16. The number of piperazine rings is 1. The molecule has 0 aliphatic carbocycles. The molecular weight excluding hydrogens is 458 g/mol. The molecule has 0 saturated carbocycles. The lowest BCUT2D eigenvalue weighted by Gasteiger charge is -2.38.